The topological polar surface area (TPSA) is 17.1 Å². The van der Waals surface area contributed by atoms with Gasteiger partial charge >= 0.3 is 0 Å². The van der Waals surface area contributed by atoms with Gasteiger partial charge in [-0.25, -0.2) is 0 Å². The van der Waals surface area contributed by atoms with Crippen LogP contribution in [0.1, 0.15) is 22.5 Å². The summed E-state index contributed by atoms with van der Waals surface area (Å²) in [4.78, 5) is 13.8. The minimum atomic E-state index is 0.263. The van der Waals surface area contributed by atoms with Crippen LogP contribution in [0.15, 0.2) is 30.3 Å². The van der Waals surface area contributed by atoms with Crippen molar-refractivity contribution in [3.05, 3.63) is 45.3 Å². The fraction of sp³-hybridized carbons (Fsp3) is 0.214. The second kappa shape index (κ2) is 4.69. The molecule has 1 aliphatic carbocycles. The highest BCUT2D eigenvalue weighted by atomic mass is 35.5. The van der Waals surface area contributed by atoms with Gasteiger partial charge in [-0.05, 0) is 48.7 Å². The number of benzene rings is 1. The van der Waals surface area contributed by atoms with Gasteiger partial charge in [0, 0.05) is 20.8 Å². The number of rotatable bonds is 3. The van der Waals surface area contributed by atoms with Gasteiger partial charge in [-0.2, -0.15) is 0 Å². The van der Waals surface area contributed by atoms with Crippen LogP contribution in [0.4, 0.5) is 0 Å². The van der Waals surface area contributed by atoms with E-state index < -0.39 is 0 Å². The van der Waals surface area contributed by atoms with E-state index in [0.29, 0.717) is 10.0 Å². The molecular weight excluding hydrogens is 287 g/mol. The Morgan fingerprint density at radius 2 is 1.78 bits per heavy atom. The number of ketones is 1. The molecule has 1 aromatic heterocycles. The molecule has 1 saturated carbocycles. The normalized spacial score (nSPS) is 14.8. The van der Waals surface area contributed by atoms with Crippen LogP contribution >= 0.6 is 34.5 Å². The fourth-order valence-corrected chi connectivity index (χ4v) is 3.41. The molecule has 1 aliphatic rings. The highest BCUT2D eigenvalue weighted by Gasteiger charge is 2.31. The van der Waals surface area contributed by atoms with Crippen molar-refractivity contribution in [1.82, 2.24) is 0 Å². The number of carbonyl (C=O) groups excluding carboxylic acids is 1. The molecule has 0 atom stereocenters. The predicted molar refractivity (Wildman–Crippen MR) is 76.8 cm³/mol. The summed E-state index contributed by atoms with van der Waals surface area (Å²) in [6, 6.07) is 9.30. The molecule has 1 fully saturated rings. The molecule has 0 N–H and O–H groups in total. The molecule has 0 bridgehead atoms. The SMILES string of the molecule is O=C(c1ccc(-c2cc(Cl)cc(Cl)c2)s1)C1CC1. The van der Waals surface area contributed by atoms with Crippen LogP contribution in [-0.4, -0.2) is 5.78 Å². The van der Waals surface area contributed by atoms with Crippen molar-refractivity contribution < 1.29 is 4.79 Å². The van der Waals surface area contributed by atoms with E-state index >= 15 is 0 Å². The lowest BCUT2D eigenvalue weighted by Crippen LogP contribution is -1.96. The fourth-order valence-electron chi connectivity index (χ4n) is 1.87. The first-order valence-corrected chi connectivity index (χ1v) is 7.31. The van der Waals surface area contributed by atoms with E-state index in [1.807, 2.05) is 24.3 Å². The molecule has 1 heterocycles. The Bertz CT molecular complexity index is 594. The van der Waals surface area contributed by atoms with E-state index in [2.05, 4.69) is 0 Å². The van der Waals surface area contributed by atoms with Crippen molar-refractivity contribution in [2.75, 3.05) is 0 Å². The molecule has 18 heavy (non-hydrogen) atoms. The maximum atomic E-state index is 11.9. The van der Waals surface area contributed by atoms with Gasteiger partial charge in [0.05, 0.1) is 4.88 Å². The average molecular weight is 297 g/mol. The monoisotopic (exact) mass is 296 g/mol. The Labute approximate surface area is 119 Å². The molecule has 1 nitrogen and oxygen atoms in total. The number of hydrogen-bond donors (Lipinski definition) is 0. The summed E-state index contributed by atoms with van der Waals surface area (Å²) in [5.41, 5.74) is 0.965. The second-order valence-electron chi connectivity index (χ2n) is 4.46. The lowest BCUT2D eigenvalue weighted by molar-refractivity contribution is 0.0971. The largest absolute Gasteiger partial charge is 0.293 e. The van der Waals surface area contributed by atoms with E-state index in [0.717, 1.165) is 28.2 Å². The van der Waals surface area contributed by atoms with Crippen LogP contribution in [0, 0.1) is 5.92 Å². The van der Waals surface area contributed by atoms with Crippen molar-refractivity contribution in [1.29, 1.82) is 0 Å². The first-order chi connectivity index (χ1) is 8.63. The van der Waals surface area contributed by atoms with Gasteiger partial charge in [-0.3, -0.25) is 4.79 Å². The molecule has 3 rings (SSSR count). The zero-order valence-corrected chi connectivity index (χ0v) is 11.8. The standard InChI is InChI=1S/C14H10Cl2OS/c15-10-5-9(6-11(16)7-10)12-3-4-13(18-12)14(17)8-1-2-8/h3-8H,1-2H2. The summed E-state index contributed by atoms with van der Waals surface area (Å²) in [5, 5.41) is 1.22. The number of hydrogen-bond acceptors (Lipinski definition) is 2. The van der Waals surface area contributed by atoms with Crippen LogP contribution in [0.25, 0.3) is 10.4 Å². The number of halogens is 2. The number of thiophene rings is 1. The molecule has 0 unspecified atom stereocenters. The first kappa shape index (κ1) is 12.2. The van der Waals surface area contributed by atoms with Crippen LogP contribution in [-0.2, 0) is 0 Å². The summed E-state index contributed by atoms with van der Waals surface area (Å²) in [7, 11) is 0. The van der Waals surface area contributed by atoms with E-state index in [1.54, 1.807) is 6.07 Å². The minimum absolute atomic E-state index is 0.263. The maximum absolute atomic E-state index is 11.9. The lowest BCUT2D eigenvalue weighted by atomic mass is 10.2. The lowest BCUT2D eigenvalue weighted by Gasteiger charge is -1.99. The van der Waals surface area contributed by atoms with Crippen LogP contribution in [0.5, 0.6) is 0 Å². The third-order valence-electron chi connectivity index (χ3n) is 2.94. The smallest absolute Gasteiger partial charge is 0.175 e. The van der Waals surface area contributed by atoms with Crippen LogP contribution < -0.4 is 0 Å². The molecule has 1 aromatic carbocycles. The molecule has 0 saturated heterocycles. The summed E-state index contributed by atoms with van der Waals surface area (Å²) < 4.78 is 0. The summed E-state index contributed by atoms with van der Waals surface area (Å²) in [6.07, 6.45) is 2.07. The summed E-state index contributed by atoms with van der Waals surface area (Å²) in [6.45, 7) is 0. The Hall–Kier alpha value is -0.830. The number of carbonyl (C=O) groups is 1. The molecule has 0 spiro atoms. The van der Waals surface area contributed by atoms with Crippen molar-refractivity contribution in [2.24, 2.45) is 5.92 Å². The van der Waals surface area contributed by atoms with Gasteiger partial charge in [0.1, 0.15) is 0 Å². The Kier molecular flexibility index (Phi) is 3.18. The third kappa shape index (κ3) is 2.46. The van der Waals surface area contributed by atoms with Crippen LogP contribution in [0.3, 0.4) is 0 Å². The summed E-state index contributed by atoms with van der Waals surface area (Å²) >= 11 is 13.5. The van der Waals surface area contributed by atoms with Crippen molar-refractivity contribution >= 4 is 40.3 Å². The van der Waals surface area contributed by atoms with Gasteiger partial charge in [-0.1, -0.05) is 23.2 Å². The summed E-state index contributed by atoms with van der Waals surface area (Å²) in [5.74, 6) is 0.541. The molecule has 0 amide bonds. The van der Waals surface area contributed by atoms with Gasteiger partial charge in [0.15, 0.2) is 5.78 Å². The maximum Gasteiger partial charge on any atom is 0.175 e. The van der Waals surface area contributed by atoms with Crippen molar-refractivity contribution in [2.45, 2.75) is 12.8 Å². The van der Waals surface area contributed by atoms with E-state index in [-0.39, 0.29) is 11.7 Å². The molecule has 4 heteroatoms. The zero-order chi connectivity index (χ0) is 12.7. The van der Waals surface area contributed by atoms with E-state index in [9.17, 15) is 4.79 Å². The molecule has 92 valence electrons. The Morgan fingerprint density at radius 1 is 1.11 bits per heavy atom. The quantitative estimate of drug-likeness (QED) is 0.701. The van der Waals surface area contributed by atoms with Gasteiger partial charge in [-0.15, -0.1) is 11.3 Å². The third-order valence-corrected chi connectivity index (χ3v) is 4.53. The molecular formula is C14H10Cl2OS. The van der Waals surface area contributed by atoms with Crippen molar-refractivity contribution in [3.63, 3.8) is 0 Å². The van der Waals surface area contributed by atoms with Crippen molar-refractivity contribution in [3.8, 4) is 10.4 Å². The van der Waals surface area contributed by atoms with Gasteiger partial charge in [0.25, 0.3) is 0 Å². The molecule has 2 aromatic rings. The van der Waals surface area contributed by atoms with E-state index in [4.69, 9.17) is 23.2 Å². The first-order valence-electron chi connectivity index (χ1n) is 5.74. The number of Topliss-reactive ketones (excluding diaryl/α,β-unsaturated/α-hetero) is 1. The molecule has 0 aliphatic heterocycles. The van der Waals surface area contributed by atoms with E-state index in [1.165, 1.54) is 11.3 Å². The van der Waals surface area contributed by atoms with Gasteiger partial charge < -0.3 is 0 Å². The highest BCUT2D eigenvalue weighted by Crippen LogP contribution is 2.37. The van der Waals surface area contributed by atoms with Gasteiger partial charge in [0.2, 0.25) is 0 Å². The Morgan fingerprint density at radius 3 is 2.39 bits per heavy atom. The average Bonchev–Trinajstić information content (AvgIpc) is 3.04. The highest BCUT2D eigenvalue weighted by molar-refractivity contribution is 7.17. The van der Waals surface area contributed by atoms with Crippen LogP contribution in [0.2, 0.25) is 10.0 Å². The zero-order valence-electron chi connectivity index (χ0n) is 9.45. The minimum Gasteiger partial charge on any atom is -0.293 e. The Balaban J connectivity index is 1.94. The predicted octanol–water partition coefficient (Wildman–Crippen LogP) is 5.31. The second-order valence-corrected chi connectivity index (χ2v) is 6.42. The molecule has 0 radical (unpaired) electrons.